The molecule has 0 fully saturated rings. The third-order valence-electron chi connectivity index (χ3n) is 4.54. The molecule has 2 aromatic rings. The Hall–Kier alpha value is -1.52. The van der Waals surface area contributed by atoms with Gasteiger partial charge in [-0.2, -0.15) is 0 Å². The molecule has 3 rings (SSSR count). The summed E-state index contributed by atoms with van der Waals surface area (Å²) in [7, 11) is 0. The highest BCUT2D eigenvalue weighted by Gasteiger charge is 2.25. The van der Waals surface area contributed by atoms with Crippen molar-refractivity contribution in [1.29, 1.82) is 0 Å². The third kappa shape index (κ3) is 2.61. The number of likely N-dealkylation sites (N-methyl/N-ethyl adjacent to an activating group) is 1. The van der Waals surface area contributed by atoms with Gasteiger partial charge in [0.1, 0.15) is 5.69 Å². The minimum atomic E-state index is 0.0353. The molecule has 0 saturated carbocycles. The zero-order valence-electron chi connectivity index (χ0n) is 13.2. The first-order valence-corrected chi connectivity index (χ1v) is 8.34. The van der Waals surface area contributed by atoms with Crippen LogP contribution < -0.4 is 5.32 Å². The van der Waals surface area contributed by atoms with Crippen molar-refractivity contribution in [1.82, 2.24) is 14.8 Å². The highest BCUT2D eigenvalue weighted by atomic mass is 35.5. The summed E-state index contributed by atoms with van der Waals surface area (Å²) in [4.78, 5) is 14.7. The van der Waals surface area contributed by atoms with Gasteiger partial charge in [-0.05, 0) is 43.3 Å². The van der Waals surface area contributed by atoms with Crippen LogP contribution >= 0.6 is 11.6 Å². The van der Waals surface area contributed by atoms with E-state index in [1.54, 1.807) is 0 Å². The summed E-state index contributed by atoms with van der Waals surface area (Å²) in [6.07, 6.45) is 0.871. The van der Waals surface area contributed by atoms with Crippen molar-refractivity contribution in [2.24, 2.45) is 0 Å². The van der Waals surface area contributed by atoms with E-state index in [-0.39, 0.29) is 5.91 Å². The minimum absolute atomic E-state index is 0.0353. The fourth-order valence-corrected chi connectivity index (χ4v) is 3.48. The number of nitrogens with zero attached hydrogens (tertiary/aromatic N) is 2. The van der Waals surface area contributed by atoms with Crippen molar-refractivity contribution in [3.63, 3.8) is 0 Å². The van der Waals surface area contributed by atoms with Crippen molar-refractivity contribution < 1.29 is 4.79 Å². The van der Waals surface area contributed by atoms with Crippen molar-refractivity contribution in [3.05, 3.63) is 34.5 Å². The van der Waals surface area contributed by atoms with Gasteiger partial charge in [0.25, 0.3) is 5.91 Å². The molecule has 0 radical (unpaired) electrons. The quantitative estimate of drug-likeness (QED) is 0.920. The number of rotatable bonds is 5. The summed E-state index contributed by atoms with van der Waals surface area (Å²) in [5.41, 5.74) is 3.06. The number of carbonyl (C=O) groups excluding carboxylic acids is 1. The van der Waals surface area contributed by atoms with Crippen LogP contribution in [0, 0.1) is 0 Å². The lowest BCUT2D eigenvalue weighted by Gasteiger charge is -2.21. The second kappa shape index (κ2) is 6.31. The zero-order chi connectivity index (χ0) is 15.7. The molecule has 0 atom stereocenters. The number of nitrogens with one attached hydrogen (secondary N) is 1. The molecule has 1 N–H and O–H groups in total. The predicted octanol–water partition coefficient (Wildman–Crippen LogP) is 2.92. The van der Waals surface area contributed by atoms with E-state index in [1.807, 2.05) is 18.2 Å². The van der Waals surface area contributed by atoms with E-state index in [0.717, 1.165) is 59.8 Å². The molecule has 0 unspecified atom stereocenters. The van der Waals surface area contributed by atoms with E-state index in [1.165, 1.54) is 0 Å². The lowest BCUT2D eigenvalue weighted by Crippen LogP contribution is -2.34. The first-order chi connectivity index (χ1) is 10.7. The van der Waals surface area contributed by atoms with Crippen LogP contribution in [-0.4, -0.2) is 41.6 Å². The fraction of sp³-hybridized carbons (Fsp3) is 0.471. The van der Waals surface area contributed by atoms with Crippen LogP contribution in [0.3, 0.4) is 0 Å². The molecule has 1 aromatic carbocycles. The molecule has 5 heteroatoms. The Labute approximate surface area is 136 Å². The molecule has 1 aromatic heterocycles. The maximum absolute atomic E-state index is 12.4. The van der Waals surface area contributed by atoms with E-state index >= 15 is 0 Å². The van der Waals surface area contributed by atoms with Crippen LogP contribution in [0.4, 0.5) is 0 Å². The van der Waals surface area contributed by atoms with Crippen molar-refractivity contribution in [2.75, 3.05) is 26.2 Å². The van der Waals surface area contributed by atoms with Crippen LogP contribution in [0.5, 0.6) is 0 Å². The van der Waals surface area contributed by atoms with Crippen LogP contribution in [-0.2, 0) is 13.0 Å². The molecular weight excluding hydrogens is 298 g/mol. The van der Waals surface area contributed by atoms with Gasteiger partial charge >= 0.3 is 0 Å². The number of hydrogen-bond acceptors (Lipinski definition) is 2. The van der Waals surface area contributed by atoms with Crippen LogP contribution in [0.1, 0.15) is 29.9 Å². The summed E-state index contributed by atoms with van der Waals surface area (Å²) in [6.45, 7) is 8.85. The van der Waals surface area contributed by atoms with Gasteiger partial charge in [0, 0.05) is 35.6 Å². The lowest BCUT2D eigenvalue weighted by molar-refractivity contribution is 0.0936. The van der Waals surface area contributed by atoms with Gasteiger partial charge < -0.3 is 14.8 Å². The molecule has 118 valence electrons. The number of amides is 1. The summed E-state index contributed by atoms with van der Waals surface area (Å²) in [5, 5.41) is 4.81. The molecule has 0 spiro atoms. The number of benzene rings is 1. The molecule has 1 amide bonds. The van der Waals surface area contributed by atoms with Crippen LogP contribution in [0.15, 0.2) is 18.2 Å². The molecule has 1 aliphatic heterocycles. The number of fused-ring (bicyclic) bond motifs is 3. The average molecular weight is 320 g/mol. The Bertz CT molecular complexity index is 703. The molecule has 0 saturated heterocycles. The highest BCUT2D eigenvalue weighted by Crippen LogP contribution is 2.30. The van der Waals surface area contributed by atoms with E-state index in [4.69, 9.17) is 11.6 Å². The Morgan fingerprint density at radius 3 is 2.82 bits per heavy atom. The summed E-state index contributed by atoms with van der Waals surface area (Å²) in [6, 6.07) is 5.93. The van der Waals surface area contributed by atoms with Crippen LogP contribution in [0.25, 0.3) is 10.9 Å². The molecule has 4 nitrogen and oxygen atoms in total. The van der Waals surface area contributed by atoms with Crippen molar-refractivity contribution in [2.45, 2.75) is 26.8 Å². The van der Waals surface area contributed by atoms with E-state index in [2.05, 4.69) is 28.6 Å². The summed E-state index contributed by atoms with van der Waals surface area (Å²) >= 11 is 6.16. The Balaban J connectivity index is 2.07. The molecule has 0 bridgehead atoms. The topological polar surface area (TPSA) is 37.3 Å². The Morgan fingerprint density at radius 2 is 2.09 bits per heavy atom. The van der Waals surface area contributed by atoms with Gasteiger partial charge in [-0.25, -0.2) is 0 Å². The monoisotopic (exact) mass is 319 g/mol. The first-order valence-electron chi connectivity index (χ1n) is 7.96. The summed E-state index contributed by atoms with van der Waals surface area (Å²) < 4.78 is 2.16. The van der Waals surface area contributed by atoms with Gasteiger partial charge in [0.2, 0.25) is 0 Å². The Morgan fingerprint density at radius 1 is 1.32 bits per heavy atom. The van der Waals surface area contributed by atoms with Gasteiger partial charge in [-0.1, -0.05) is 25.4 Å². The fourth-order valence-electron chi connectivity index (χ4n) is 3.31. The zero-order valence-corrected chi connectivity index (χ0v) is 13.9. The number of halogens is 1. The number of carbonyl (C=O) groups is 1. The first kappa shape index (κ1) is 15.4. The smallest absolute Gasteiger partial charge is 0.268 e. The SMILES string of the molecule is CCN(CC)CCn1c2c(c3cc(Cl)ccc31)CCNC2=O. The third-order valence-corrected chi connectivity index (χ3v) is 4.78. The van der Waals surface area contributed by atoms with E-state index < -0.39 is 0 Å². The predicted molar refractivity (Wildman–Crippen MR) is 90.8 cm³/mol. The van der Waals surface area contributed by atoms with E-state index in [9.17, 15) is 4.79 Å². The van der Waals surface area contributed by atoms with E-state index in [0.29, 0.717) is 6.54 Å². The van der Waals surface area contributed by atoms with Gasteiger partial charge in [0.05, 0.1) is 0 Å². The van der Waals surface area contributed by atoms with Gasteiger partial charge in [-0.15, -0.1) is 0 Å². The van der Waals surface area contributed by atoms with Crippen molar-refractivity contribution >= 4 is 28.4 Å². The molecular formula is C17H22ClN3O. The second-order valence-corrected chi connectivity index (χ2v) is 6.11. The summed E-state index contributed by atoms with van der Waals surface area (Å²) in [5.74, 6) is 0.0353. The highest BCUT2D eigenvalue weighted by molar-refractivity contribution is 6.31. The van der Waals surface area contributed by atoms with Crippen LogP contribution in [0.2, 0.25) is 5.02 Å². The molecule has 2 heterocycles. The molecule has 0 aliphatic carbocycles. The van der Waals surface area contributed by atoms with Gasteiger partial charge in [-0.3, -0.25) is 4.79 Å². The number of hydrogen-bond donors (Lipinski definition) is 1. The molecule has 22 heavy (non-hydrogen) atoms. The van der Waals surface area contributed by atoms with Gasteiger partial charge in [0.15, 0.2) is 0 Å². The number of aromatic nitrogens is 1. The molecule has 1 aliphatic rings. The largest absolute Gasteiger partial charge is 0.350 e. The minimum Gasteiger partial charge on any atom is -0.350 e. The van der Waals surface area contributed by atoms with Crippen molar-refractivity contribution in [3.8, 4) is 0 Å². The average Bonchev–Trinajstić information content (AvgIpc) is 2.83. The standard InChI is InChI=1S/C17H22ClN3O/c1-3-20(4-2)9-10-21-15-6-5-12(18)11-14(15)13-7-8-19-17(22)16(13)21/h5-6,11H,3-4,7-10H2,1-2H3,(H,19,22). The maximum Gasteiger partial charge on any atom is 0.268 e. The Kier molecular flexibility index (Phi) is 4.41. The lowest BCUT2D eigenvalue weighted by atomic mass is 10.0. The normalized spacial score (nSPS) is 14.5. The second-order valence-electron chi connectivity index (χ2n) is 5.67. The maximum atomic E-state index is 12.4.